The van der Waals surface area contributed by atoms with Crippen LogP contribution in [0.15, 0.2) is 65.6 Å². The number of aryl methyl sites for hydroxylation is 1. The van der Waals surface area contributed by atoms with Crippen LogP contribution in [0.1, 0.15) is 5.82 Å². The van der Waals surface area contributed by atoms with Crippen LogP contribution in [-0.4, -0.2) is 38.4 Å². The standard InChI is InChI=1S/C23H22N2O4S/c1-15-24-20-11-5-16(17-6-12-22(28-2)23(14-17)29-3)13-21(20)25(15)18-7-9-19(10-8-18)30(4,26)27/h5-14H,1-4H3. The summed E-state index contributed by atoms with van der Waals surface area (Å²) in [6.45, 7) is 1.93. The molecule has 1 aromatic heterocycles. The molecule has 6 nitrogen and oxygen atoms in total. The predicted molar refractivity (Wildman–Crippen MR) is 117 cm³/mol. The van der Waals surface area contributed by atoms with E-state index in [1.165, 1.54) is 6.26 Å². The molecule has 0 fully saturated rings. The van der Waals surface area contributed by atoms with Crippen molar-refractivity contribution in [1.29, 1.82) is 0 Å². The molecule has 0 N–H and O–H groups in total. The SMILES string of the molecule is COc1ccc(-c2ccc3nc(C)n(-c4ccc(S(C)(=O)=O)cc4)c3c2)cc1OC. The quantitative estimate of drug-likeness (QED) is 0.476. The molecular weight excluding hydrogens is 400 g/mol. The molecule has 1 heterocycles. The number of sulfone groups is 1. The molecule has 0 spiro atoms. The number of aromatic nitrogens is 2. The summed E-state index contributed by atoms with van der Waals surface area (Å²) < 4.78 is 36.3. The Balaban J connectivity index is 1.84. The van der Waals surface area contributed by atoms with Gasteiger partial charge >= 0.3 is 0 Å². The van der Waals surface area contributed by atoms with Crippen LogP contribution in [0.5, 0.6) is 11.5 Å². The molecule has 3 aromatic carbocycles. The molecule has 4 rings (SSSR count). The van der Waals surface area contributed by atoms with Crippen molar-refractivity contribution < 1.29 is 17.9 Å². The molecule has 0 saturated carbocycles. The number of hydrogen-bond donors (Lipinski definition) is 0. The van der Waals surface area contributed by atoms with Crippen molar-refractivity contribution in [2.45, 2.75) is 11.8 Å². The number of nitrogens with zero attached hydrogens (tertiary/aromatic N) is 2. The summed E-state index contributed by atoms with van der Waals surface area (Å²) >= 11 is 0. The van der Waals surface area contributed by atoms with Gasteiger partial charge in [0.05, 0.1) is 30.1 Å². The van der Waals surface area contributed by atoms with E-state index in [0.717, 1.165) is 33.7 Å². The van der Waals surface area contributed by atoms with E-state index in [1.54, 1.807) is 38.5 Å². The summed E-state index contributed by atoms with van der Waals surface area (Å²) in [4.78, 5) is 4.95. The first-order chi connectivity index (χ1) is 14.3. The van der Waals surface area contributed by atoms with Crippen molar-refractivity contribution in [2.24, 2.45) is 0 Å². The lowest BCUT2D eigenvalue weighted by Gasteiger charge is -2.11. The van der Waals surface area contributed by atoms with Crippen LogP contribution in [0, 0.1) is 6.92 Å². The van der Waals surface area contributed by atoms with E-state index in [0.29, 0.717) is 16.4 Å². The predicted octanol–water partition coefficient (Wildman–Crippen LogP) is 4.42. The Hall–Kier alpha value is -3.32. The number of rotatable bonds is 5. The zero-order valence-corrected chi connectivity index (χ0v) is 18.0. The smallest absolute Gasteiger partial charge is 0.175 e. The monoisotopic (exact) mass is 422 g/mol. The molecule has 0 atom stereocenters. The Morgan fingerprint density at radius 1 is 0.833 bits per heavy atom. The fourth-order valence-electron chi connectivity index (χ4n) is 3.56. The van der Waals surface area contributed by atoms with E-state index in [4.69, 9.17) is 9.47 Å². The van der Waals surface area contributed by atoms with Crippen molar-refractivity contribution in [3.63, 3.8) is 0 Å². The molecule has 0 unspecified atom stereocenters. The molecule has 0 saturated heterocycles. The van der Waals surface area contributed by atoms with Gasteiger partial charge in [-0.05, 0) is 66.6 Å². The molecular formula is C23H22N2O4S. The van der Waals surface area contributed by atoms with Gasteiger partial charge in [-0.1, -0.05) is 12.1 Å². The van der Waals surface area contributed by atoms with Gasteiger partial charge in [0.25, 0.3) is 0 Å². The highest BCUT2D eigenvalue weighted by molar-refractivity contribution is 7.90. The number of benzene rings is 3. The van der Waals surface area contributed by atoms with Crippen molar-refractivity contribution in [3.05, 3.63) is 66.5 Å². The van der Waals surface area contributed by atoms with E-state index in [-0.39, 0.29) is 0 Å². The van der Waals surface area contributed by atoms with Gasteiger partial charge < -0.3 is 9.47 Å². The van der Waals surface area contributed by atoms with Crippen molar-refractivity contribution in [3.8, 4) is 28.3 Å². The molecule has 0 aliphatic carbocycles. The van der Waals surface area contributed by atoms with Crippen LogP contribution in [-0.2, 0) is 9.84 Å². The summed E-state index contributed by atoms with van der Waals surface area (Å²) in [5.74, 6) is 2.16. The fourth-order valence-corrected chi connectivity index (χ4v) is 4.19. The van der Waals surface area contributed by atoms with Crippen LogP contribution in [0.2, 0.25) is 0 Å². The summed E-state index contributed by atoms with van der Waals surface area (Å²) in [7, 11) is -0.0176. The summed E-state index contributed by atoms with van der Waals surface area (Å²) in [6, 6.07) is 18.7. The van der Waals surface area contributed by atoms with Crippen LogP contribution in [0.4, 0.5) is 0 Å². The second-order valence-electron chi connectivity index (χ2n) is 7.03. The largest absolute Gasteiger partial charge is 0.493 e. The lowest BCUT2D eigenvalue weighted by atomic mass is 10.0. The van der Waals surface area contributed by atoms with E-state index < -0.39 is 9.84 Å². The van der Waals surface area contributed by atoms with E-state index in [9.17, 15) is 8.42 Å². The topological polar surface area (TPSA) is 70.4 Å². The van der Waals surface area contributed by atoms with Crippen LogP contribution in [0.25, 0.3) is 27.8 Å². The van der Waals surface area contributed by atoms with Gasteiger partial charge in [0, 0.05) is 11.9 Å². The van der Waals surface area contributed by atoms with E-state index in [2.05, 4.69) is 11.1 Å². The molecule has 0 aliphatic heterocycles. The van der Waals surface area contributed by atoms with E-state index >= 15 is 0 Å². The zero-order chi connectivity index (χ0) is 21.5. The average molecular weight is 423 g/mol. The Kier molecular flexibility index (Phi) is 4.99. The normalized spacial score (nSPS) is 11.6. The van der Waals surface area contributed by atoms with Crippen LogP contribution in [0.3, 0.4) is 0 Å². The molecule has 0 aliphatic rings. The molecule has 0 radical (unpaired) electrons. The lowest BCUT2D eigenvalue weighted by molar-refractivity contribution is 0.355. The molecule has 0 bridgehead atoms. The summed E-state index contributed by atoms with van der Waals surface area (Å²) in [5.41, 5.74) is 4.66. The van der Waals surface area contributed by atoms with Gasteiger partial charge in [-0.25, -0.2) is 13.4 Å². The maximum atomic E-state index is 11.8. The first-order valence-corrected chi connectivity index (χ1v) is 11.2. The first-order valence-electron chi connectivity index (χ1n) is 9.34. The van der Waals surface area contributed by atoms with E-state index in [1.807, 2.05) is 41.8 Å². The minimum absolute atomic E-state index is 0.291. The summed E-state index contributed by atoms with van der Waals surface area (Å²) in [5, 5.41) is 0. The third-order valence-electron chi connectivity index (χ3n) is 5.06. The maximum absolute atomic E-state index is 11.8. The molecule has 4 aromatic rings. The van der Waals surface area contributed by atoms with Gasteiger partial charge in [-0.15, -0.1) is 0 Å². The van der Waals surface area contributed by atoms with Crippen LogP contribution < -0.4 is 9.47 Å². The second-order valence-corrected chi connectivity index (χ2v) is 9.05. The maximum Gasteiger partial charge on any atom is 0.175 e. The second kappa shape index (κ2) is 7.50. The molecule has 30 heavy (non-hydrogen) atoms. The van der Waals surface area contributed by atoms with Gasteiger partial charge in [0.1, 0.15) is 5.82 Å². The number of methoxy groups -OCH3 is 2. The number of ether oxygens (including phenoxy) is 2. The average Bonchev–Trinajstić information content (AvgIpc) is 3.07. The summed E-state index contributed by atoms with van der Waals surface area (Å²) in [6.07, 6.45) is 1.20. The minimum Gasteiger partial charge on any atom is -0.493 e. The van der Waals surface area contributed by atoms with Crippen molar-refractivity contribution >= 4 is 20.9 Å². The van der Waals surface area contributed by atoms with Crippen molar-refractivity contribution in [1.82, 2.24) is 9.55 Å². The number of hydrogen-bond acceptors (Lipinski definition) is 5. The Morgan fingerprint density at radius 3 is 2.10 bits per heavy atom. The number of fused-ring (bicyclic) bond motifs is 1. The highest BCUT2D eigenvalue weighted by atomic mass is 32.2. The van der Waals surface area contributed by atoms with Crippen molar-refractivity contribution in [2.75, 3.05) is 20.5 Å². The molecule has 154 valence electrons. The zero-order valence-electron chi connectivity index (χ0n) is 17.2. The Labute approximate surface area is 175 Å². The third-order valence-corrected chi connectivity index (χ3v) is 6.19. The first kappa shape index (κ1) is 20.0. The van der Waals surface area contributed by atoms with Gasteiger partial charge in [-0.3, -0.25) is 4.57 Å². The van der Waals surface area contributed by atoms with Gasteiger partial charge in [-0.2, -0.15) is 0 Å². The van der Waals surface area contributed by atoms with Gasteiger partial charge in [0.15, 0.2) is 21.3 Å². The number of imidazole rings is 1. The lowest BCUT2D eigenvalue weighted by Crippen LogP contribution is -2.00. The molecule has 0 amide bonds. The Bertz CT molecular complexity index is 1340. The minimum atomic E-state index is -3.24. The van der Waals surface area contributed by atoms with Gasteiger partial charge in [0.2, 0.25) is 0 Å². The van der Waals surface area contributed by atoms with Crippen LogP contribution >= 0.6 is 0 Å². The highest BCUT2D eigenvalue weighted by Gasteiger charge is 2.13. The third kappa shape index (κ3) is 3.52. The Morgan fingerprint density at radius 2 is 1.47 bits per heavy atom. The highest BCUT2D eigenvalue weighted by Crippen LogP contribution is 2.34. The fraction of sp³-hybridized carbons (Fsp3) is 0.174. The molecule has 7 heteroatoms.